The standard InChI is InChI=1S/C29H41N3O5S/c1-21-16-26(36-3)17-22(2)28(21)38(34,35)32(25-6-7-25)19-27-18-24(20-37-27)29(33)31-14-9-23(10-15-31)8-13-30-11-4-5-12-30/h16-18,20,23,25H,4-15,19H2,1-3H3. The number of nitrogens with zero attached hydrogens (tertiary/aromatic N) is 3. The molecule has 1 aromatic heterocycles. The molecule has 0 radical (unpaired) electrons. The highest BCUT2D eigenvalue weighted by Gasteiger charge is 2.40. The number of furan rings is 1. The average Bonchev–Trinajstić information content (AvgIpc) is 3.38. The van der Waals surface area contributed by atoms with E-state index in [4.69, 9.17) is 9.15 Å². The Morgan fingerprint density at radius 2 is 1.68 bits per heavy atom. The van der Waals surface area contributed by atoms with Crippen LogP contribution < -0.4 is 4.74 Å². The Morgan fingerprint density at radius 1 is 1.03 bits per heavy atom. The molecule has 3 aliphatic rings. The molecule has 1 saturated carbocycles. The van der Waals surface area contributed by atoms with Gasteiger partial charge in [0.05, 0.1) is 24.1 Å². The number of benzene rings is 1. The lowest BCUT2D eigenvalue weighted by Gasteiger charge is -2.32. The Bertz CT molecular complexity index is 1220. The van der Waals surface area contributed by atoms with Crippen LogP contribution in [0.3, 0.4) is 0 Å². The highest BCUT2D eigenvalue weighted by Crippen LogP contribution is 2.37. The molecular formula is C29H41N3O5S. The molecule has 8 nitrogen and oxygen atoms in total. The van der Waals surface area contributed by atoms with E-state index in [0.717, 1.165) is 38.8 Å². The molecule has 0 spiro atoms. The number of carbonyl (C=O) groups is 1. The summed E-state index contributed by atoms with van der Waals surface area (Å²) >= 11 is 0. The third-order valence-corrected chi connectivity index (χ3v) is 10.6. The van der Waals surface area contributed by atoms with E-state index >= 15 is 0 Å². The largest absolute Gasteiger partial charge is 0.497 e. The van der Waals surface area contributed by atoms with Crippen molar-refractivity contribution in [2.24, 2.45) is 5.92 Å². The van der Waals surface area contributed by atoms with Crippen LogP contribution in [0.25, 0.3) is 0 Å². The van der Waals surface area contributed by atoms with E-state index in [2.05, 4.69) is 4.90 Å². The summed E-state index contributed by atoms with van der Waals surface area (Å²) in [4.78, 5) is 18.0. The lowest BCUT2D eigenvalue weighted by molar-refractivity contribution is 0.0681. The number of sulfonamides is 1. The molecule has 208 valence electrons. The summed E-state index contributed by atoms with van der Waals surface area (Å²) in [6.45, 7) is 8.89. The van der Waals surface area contributed by atoms with Crippen molar-refractivity contribution in [2.45, 2.75) is 76.3 Å². The molecule has 0 unspecified atom stereocenters. The molecule has 3 heterocycles. The van der Waals surface area contributed by atoms with Gasteiger partial charge in [0, 0.05) is 19.1 Å². The fourth-order valence-corrected chi connectivity index (χ4v) is 8.10. The molecule has 0 bridgehead atoms. The zero-order chi connectivity index (χ0) is 26.9. The molecule has 0 atom stereocenters. The SMILES string of the molecule is COc1cc(C)c(S(=O)(=O)N(Cc2cc(C(=O)N3CCC(CCN4CCCC4)CC3)co2)C2CC2)c(C)c1. The van der Waals surface area contributed by atoms with Crippen LogP contribution >= 0.6 is 0 Å². The molecule has 2 aromatic rings. The van der Waals surface area contributed by atoms with Gasteiger partial charge < -0.3 is 19.0 Å². The number of carbonyl (C=O) groups excluding carboxylic acids is 1. The van der Waals surface area contributed by atoms with E-state index < -0.39 is 10.0 Å². The summed E-state index contributed by atoms with van der Waals surface area (Å²) in [5.74, 6) is 1.79. The van der Waals surface area contributed by atoms with Crippen molar-refractivity contribution < 1.29 is 22.4 Å². The topological polar surface area (TPSA) is 83.3 Å². The zero-order valence-corrected chi connectivity index (χ0v) is 23.8. The van der Waals surface area contributed by atoms with Crippen LogP contribution in [0.4, 0.5) is 0 Å². The Kier molecular flexibility index (Phi) is 8.16. The van der Waals surface area contributed by atoms with Gasteiger partial charge in [0.15, 0.2) is 0 Å². The van der Waals surface area contributed by atoms with Gasteiger partial charge in [0.2, 0.25) is 10.0 Å². The van der Waals surface area contributed by atoms with Crippen LogP contribution in [-0.2, 0) is 16.6 Å². The van der Waals surface area contributed by atoms with Gasteiger partial charge in [-0.3, -0.25) is 4.79 Å². The molecule has 1 aromatic carbocycles. The third-order valence-electron chi connectivity index (χ3n) is 8.36. The maximum absolute atomic E-state index is 13.8. The predicted molar refractivity (Wildman–Crippen MR) is 146 cm³/mol. The van der Waals surface area contributed by atoms with Gasteiger partial charge in [-0.1, -0.05) is 0 Å². The summed E-state index contributed by atoms with van der Waals surface area (Å²) in [5, 5.41) is 0. The number of ether oxygens (including phenoxy) is 1. The molecule has 9 heteroatoms. The molecular weight excluding hydrogens is 502 g/mol. The first kappa shape index (κ1) is 27.2. The molecule has 1 amide bonds. The second kappa shape index (κ2) is 11.4. The Morgan fingerprint density at radius 3 is 2.29 bits per heavy atom. The summed E-state index contributed by atoms with van der Waals surface area (Å²) < 4.78 is 40.2. The normalized spacial score (nSPS) is 19.4. The number of piperidine rings is 1. The van der Waals surface area contributed by atoms with Crippen molar-refractivity contribution in [3.05, 3.63) is 46.9 Å². The van der Waals surface area contributed by atoms with Crippen molar-refractivity contribution in [3.8, 4) is 5.75 Å². The minimum Gasteiger partial charge on any atom is -0.497 e. The minimum absolute atomic E-state index is 0.0272. The lowest BCUT2D eigenvalue weighted by Crippen LogP contribution is -2.39. The maximum atomic E-state index is 13.8. The average molecular weight is 544 g/mol. The number of likely N-dealkylation sites (tertiary alicyclic amines) is 2. The van der Waals surface area contributed by atoms with Crippen molar-refractivity contribution in [1.82, 2.24) is 14.1 Å². The minimum atomic E-state index is -3.75. The number of methoxy groups -OCH3 is 1. The highest BCUT2D eigenvalue weighted by molar-refractivity contribution is 7.89. The number of hydrogen-bond donors (Lipinski definition) is 0. The first-order chi connectivity index (χ1) is 18.3. The van der Waals surface area contributed by atoms with Crippen molar-refractivity contribution in [3.63, 3.8) is 0 Å². The number of aryl methyl sites for hydroxylation is 2. The monoisotopic (exact) mass is 543 g/mol. The molecule has 5 rings (SSSR count). The van der Waals surface area contributed by atoms with Crippen LogP contribution in [0.2, 0.25) is 0 Å². The van der Waals surface area contributed by atoms with Gasteiger partial charge in [0.1, 0.15) is 17.8 Å². The second-order valence-electron chi connectivity index (χ2n) is 11.2. The van der Waals surface area contributed by atoms with E-state index in [1.165, 1.54) is 49.5 Å². The molecule has 1 aliphatic carbocycles. The Balaban J connectivity index is 1.22. The molecule has 3 fully saturated rings. The van der Waals surface area contributed by atoms with Gasteiger partial charge in [-0.05, 0) is 114 Å². The maximum Gasteiger partial charge on any atom is 0.257 e. The third kappa shape index (κ3) is 5.95. The Labute approximate surface area is 227 Å². The first-order valence-electron chi connectivity index (χ1n) is 14.0. The molecule has 2 aliphatic heterocycles. The van der Waals surface area contributed by atoms with Crippen LogP contribution in [0.15, 0.2) is 33.8 Å². The van der Waals surface area contributed by atoms with Gasteiger partial charge in [0.25, 0.3) is 5.91 Å². The second-order valence-corrected chi connectivity index (χ2v) is 13.1. The van der Waals surface area contributed by atoms with E-state index in [9.17, 15) is 13.2 Å². The summed E-state index contributed by atoms with van der Waals surface area (Å²) in [6.07, 6.45) is 9.08. The van der Waals surface area contributed by atoms with E-state index in [1.54, 1.807) is 39.2 Å². The van der Waals surface area contributed by atoms with Gasteiger partial charge >= 0.3 is 0 Å². The first-order valence-corrected chi connectivity index (χ1v) is 15.5. The Hall–Kier alpha value is -2.36. The number of amides is 1. The van der Waals surface area contributed by atoms with Crippen molar-refractivity contribution in [1.29, 1.82) is 0 Å². The molecule has 2 saturated heterocycles. The van der Waals surface area contributed by atoms with Crippen LogP contribution in [0.1, 0.15) is 72.2 Å². The van der Waals surface area contributed by atoms with Crippen molar-refractivity contribution in [2.75, 3.05) is 39.8 Å². The summed E-state index contributed by atoms with van der Waals surface area (Å²) in [7, 11) is -2.18. The van der Waals surface area contributed by atoms with Gasteiger partial charge in [-0.15, -0.1) is 0 Å². The smallest absolute Gasteiger partial charge is 0.257 e. The van der Waals surface area contributed by atoms with E-state index in [0.29, 0.717) is 39.0 Å². The predicted octanol–water partition coefficient (Wildman–Crippen LogP) is 4.60. The van der Waals surface area contributed by atoms with E-state index in [1.807, 2.05) is 4.90 Å². The van der Waals surface area contributed by atoms with Crippen LogP contribution in [0, 0.1) is 19.8 Å². The fraction of sp³-hybridized carbons (Fsp3) is 0.621. The highest BCUT2D eigenvalue weighted by atomic mass is 32.2. The zero-order valence-electron chi connectivity index (χ0n) is 22.9. The van der Waals surface area contributed by atoms with Crippen LogP contribution in [-0.4, -0.2) is 74.3 Å². The number of rotatable bonds is 10. The van der Waals surface area contributed by atoms with E-state index in [-0.39, 0.29) is 18.5 Å². The summed E-state index contributed by atoms with van der Waals surface area (Å²) in [6, 6.07) is 5.18. The number of hydrogen-bond acceptors (Lipinski definition) is 6. The quantitative estimate of drug-likeness (QED) is 0.436. The molecule has 0 N–H and O–H groups in total. The van der Waals surface area contributed by atoms with Gasteiger partial charge in [-0.25, -0.2) is 8.42 Å². The fourth-order valence-electron chi connectivity index (χ4n) is 6.03. The van der Waals surface area contributed by atoms with Gasteiger partial charge in [-0.2, -0.15) is 4.31 Å². The lowest BCUT2D eigenvalue weighted by atomic mass is 9.93. The summed E-state index contributed by atoms with van der Waals surface area (Å²) in [5.41, 5.74) is 1.82. The van der Waals surface area contributed by atoms with Crippen molar-refractivity contribution >= 4 is 15.9 Å². The molecule has 38 heavy (non-hydrogen) atoms. The van der Waals surface area contributed by atoms with Crippen LogP contribution in [0.5, 0.6) is 5.75 Å².